The van der Waals surface area contributed by atoms with Crippen molar-refractivity contribution in [2.45, 2.75) is 10.6 Å². The highest BCUT2D eigenvalue weighted by Gasteiger charge is 2.17. The maximum atomic E-state index is 12.1. The summed E-state index contributed by atoms with van der Waals surface area (Å²) in [5.74, 6) is -0.0502. The van der Waals surface area contributed by atoms with Crippen molar-refractivity contribution in [2.75, 3.05) is 0 Å². The zero-order valence-corrected chi connectivity index (χ0v) is 10.5. The zero-order chi connectivity index (χ0) is 12.3. The zero-order valence-electron chi connectivity index (χ0n) is 8.93. The summed E-state index contributed by atoms with van der Waals surface area (Å²) < 4.78 is 24.3. The smallest absolute Gasteiger partial charge is 0.183 e. The standard InChI is InChI=1S/C13H10ClO2S/c14-12-8-4-5-9-13(12)17(15,16)10-11-6-2-1-3-7-11/h2-9H,10H2. The minimum absolute atomic E-state index is 0.0502. The van der Waals surface area contributed by atoms with E-state index in [9.17, 15) is 8.42 Å². The molecule has 17 heavy (non-hydrogen) atoms. The quantitative estimate of drug-likeness (QED) is 0.855. The van der Waals surface area contributed by atoms with E-state index in [2.05, 4.69) is 6.07 Å². The molecule has 0 amide bonds. The second-order valence-electron chi connectivity index (χ2n) is 3.60. The van der Waals surface area contributed by atoms with Crippen LogP contribution in [0.15, 0.2) is 53.4 Å². The summed E-state index contributed by atoms with van der Waals surface area (Å²) in [6.45, 7) is 0. The first kappa shape index (κ1) is 12.1. The van der Waals surface area contributed by atoms with Crippen LogP contribution in [0.3, 0.4) is 0 Å². The predicted molar refractivity (Wildman–Crippen MR) is 67.6 cm³/mol. The first-order valence-corrected chi connectivity index (χ1v) is 7.05. The number of benzene rings is 2. The van der Waals surface area contributed by atoms with Gasteiger partial charge in [-0.3, -0.25) is 0 Å². The topological polar surface area (TPSA) is 34.1 Å². The highest BCUT2D eigenvalue weighted by atomic mass is 35.5. The van der Waals surface area contributed by atoms with Crippen molar-refractivity contribution in [3.05, 3.63) is 65.2 Å². The fourth-order valence-corrected chi connectivity index (χ4v) is 3.44. The van der Waals surface area contributed by atoms with Crippen molar-refractivity contribution in [3.8, 4) is 0 Å². The van der Waals surface area contributed by atoms with E-state index in [1.807, 2.05) is 0 Å². The number of hydrogen-bond acceptors (Lipinski definition) is 2. The number of hydrogen-bond donors (Lipinski definition) is 0. The highest BCUT2D eigenvalue weighted by Crippen LogP contribution is 2.24. The van der Waals surface area contributed by atoms with Crippen molar-refractivity contribution in [2.24, 2.45) is 0 Å². The van der Waals surface area contributed by atoms with Gasteiger partial charge in [-0.2, -0.15) is 0 Å². The van der Waals surface area contributed by atoms with E-state index < -0.39 is 9.84 Å². The lowest BCUT2D eigenvalue weighted by Gasteiger charge is -2.06. The van der Waals surface area contributed by atoms with Crippen LogP contribution in [0, 0.1) is 6.07 Å². The maximum absolute atomic E-state index is 12.1. The summed E-state index contributed by atoms with van der Waals surface area (Å²) in [4.78, 5) is 0.175. The Labute approximate surface area is 106 Å². The van der Waals surface area contributed by atoms with Crippen LogP contribution in [0.4, 0.5) is 0 Å². The van der Waals surface area contributed by atoms with Crippen LogP contribution in [-0.4, -0.2) is 8.42 Å². The molecule has 87 valence electrons. The van der Waals surface area contributed by atoms with E-state index in [4.69, 9.17) is 11.6 Å². The molecule has 2 rings (SSSR count). The molecule has 2 aromatic rings. The van der Waals surface area contributed by atoms with Crippen LogP contribution in [0.2, 0.25) is 5.02 Å². The van der Waals surface area contributed by atoms with Crippen LogP contribution in [0.1, 0.15) is 5.56 Å². The lowest BCUT2D eigenvalue weighted by molar-refractivity contribution is 0.595. The monoisotopic (exact) mass is 265 g/mol. The molecule has 0 saturated heterocycles. The lowest BCUT2D eigenvalue weighted by Crippen LogP contribution is -2.05. The minimum atomic E-state index is -3.39. The molecule has 2 aromatic carbocycles. The molecule has 0 aliphatic rings. The van der Waals surface area contributed by atoms with Gasteiger partial charge in [0.15, 0.2) is 9.84 Å². The number of halogens is 1. The second kappa shape index (κ2) is 4.90. The maximum Gasteiger partial charge on any atom is 0.183 e. The molecule has 0 unspecified atom stereocenters. The molecule has 0 aliphatic heterocycles. The summed E-state index contributed by atoms with van der Waals surface area (Å²) in [7, 11) is -3.39. The average molecular weight is 266 g/mol. The van der Waals surface area contributed by atoms with Gasteiger partial charge in [0, 0.05) is 0 Å². The minimum Gasteiger partial charge on any atom is -0.223 e. The molecular formula is C13H10ClO2S. The van der Waals surface area contributed by atoms with Crippen LogP contribution in [0.25, 0.3) is 0 Å². The van der Waals surface area contributed by atoms with Gasteiger partial charge < -0.3 is 0 Å². The fraction of sp³-hybridized carbons (Fsp3) is 0.0769. The van der Waals surface area contributed by atoms with E-state index in [0.29, 0.717) is 0 Å². The molecule has 4 heteroatoms. The Morgan fingerprint density at radius 1 is 1.06 bits per heavy atom. The first-order chi connectivity index (χ1) is 8.09. The summed E-state index contributed by atoms with van der Waals surface area (Å²) in [6, 6.07) is 16.2. The Morgan fingerprint density at radius 3 is 2.35 bits per heavy atom. The number of rotatable bonds is 3. The molecule has 0 bridgehead atoms. The van der Waals surface area contributed by atoms with Gasteiger partial charge in [0.05, 0.1) is 15.7 Å². The summed E-state index contributed by atoms with van der Waals surface area (Å²) in [5.41, 5.74) is 0.726. The van der Waals surface area contributed by atoms with Crippen LogP contribution in [0.5, 0.6) is 0 Å². The summed E-state index contributed by atoms with van der Waals surface area (Å²) in [6.07, 6.45) is 0. The third-order valence-corrected chi connectivity index (χ3v) is 4.50. The van der Waals surface area contributed by atoms with Crippen molar-refractivity contribution < 1.29 is 8.42 Å². The number of sulfone groups is 1. The molecule has 0 aliphatic carbocycles. The van der Waals surface area contributed by atoms with Gasteiger partial charge in [-0.15, -0.1) is 0 Å². The molecule has 0 atom stereocenters. The van der Waals surface area contributed by atoms with Gasteiger partial charge in [-0.25, -0.2) is 8.42 Å². The van der Waals surface area contributed by atoms with Crippen molar-refractivity contribution in [1.82, 2.24) is 0 Å². The SMILES string of the molecule is O=S(=O)(Cc1cc[c]cc1)c1ccccc1Cl. The molecule has 0 fully saturated rings. The molecular weight excluding hydrogens is 256 g/mol. The van der Waals surface area contributed by atoms with Crippen molar-refractivity contribution in [1.29, 1.82) is 0 Å². The molecule has 0 saturated carbocycles. The molecule has 0 spiro atoms. The van der Waals surface area contributed by atoms with Gasteiger partial charge in [-0.1, -0.05) is 48.0 Å². The predicted octanol–water partition coefficient (Wildman–Crippen LogP) is 3.11. The Hall–Kier alpha value is -1.32. The van der Waals surface area contributed by atoms with Gasteiger partial charge >= 0.3 is 0 Å². The Bertz CT molecular complexity index is 606. The Morgan fingerprint density at radius 2 is 1.71 bits per heavy atom. The van der Waals surface area contributed by atoms with Gasteiger partial charge in [0.25, 0.3) is 0 Å². The third-order valence-electron chi connectivity index (χ3n) is 2.32. The molecule has 0 N–H and O–H groups in total. The van der Waals surface area contributed by atoms with E-state index in [0.717, 1.165) is 5.56 Å². The van der Waals surface area contributed by atoms with Crippen molar-refractivity contribution >= 4 is 21.4 Å². The van der Waals surface area contributed by atoms with Crippen molar-refractivity contribution in [3.63, 3.8) is 0 Å². The second-order valence-corrected chi connectivity index (χ2v) is 5.96. The fourth-order valence-electron chi connectivity index (χ4n) is 1.51. The largest absolute Gasteiger partial charge is 0.223 e. The van der Waals surface area contributed by atoms with E-state index in [-0.39, 0.29) is 15.7 Å². The van der Waals surface area contributed by atoms with Crippen LogP contribution < -0.4 is 0 Å². The molecule has 0 aromatic heterocycles. The third kappa shape index (κ3) is 2.87. The first-order valence-electron chi connectivity index (χ1n) is 5.02. The van der Waals surface area contributed by atoms with Gasteiger partial charge in [-0.05, 0) is 23.8 Å². The van der Waals surface area contributed by atoms with Gasteiger partial charge in [0.1, 0.15) is 0 Å². The van der Waals surface area contributed by atoms with E-state index >= 15 is 0 Å². The molecule has 1 radical (unpaired) electrons. The van der Waals surface area contributed by atoms with E-state index in [1.165, 1.54) is 6.07 Å². The van der Waals surface area contributed by atoms with Gasteiger partial charge in [0.2, 0.25) is 0 Å². The average Bonchev–Trinajstić information content (AvgIpc) is 2.30. The van der Waals surface area contributed by atoms with E-state index in [1.54, 1.807) is 42.5 Å². The van der Waals surface area contributed by atoms with Crippen LogP contribution >= 0.6 is 11.6 Å². The Balaban J connectivity index is 2.36. The highest BCUT2D eigenvalue weighted by molar-refractivity contribution is 7.90. The molecule has 0 heterocycles. The summed E-state index contributed by atoms with van der Waals surface area (Å²) >= 11 is 5.89. The normalized spacial score (nSPS) is 11.4. The summed E-state index contributed by atoms with van der Waals surface area (Å²) in [5, 5.41) is 0.259. The lowest BCUT2D eigenvalue weighted by atomic mass is 10.2. The molecule has 2 nitrogen and oxygen atoms in total. The Kier molecular flexibility index (Phi) is 3.50. The van der Waals surface area contributed by atoms with Crippen LogP contribution in [-0.2, 0) is 15.6 Å².